The van der Waals surface area contributed by atoms with Crippen LogP contribution in [0.1, 0.15) is 20.3 Å². The van der Waals surface area contributed by atoms with Crippen LogP contribution in [0.4, 0.5) is 13.2 Å². The van der Waals surface area contributed by atoms with Gasteiger partial charge in [0.25, 0.3) is 0 Å². The fourth-order valence-electron chi connectivity index (χ4n) is 1.83. The van der Waals surface area contributed by atoms with E-state index in [1.165, 1.54) is 0 Å². The first-order valence-corrected chi connectivity index (χ1v) is 6.39. The summed E-state index contributed by atoms with van der Waals surface area (Å²) < 4.78 is 50.9. The Hall–Kier alpha value is -0.370. The lowest BCUT2D eigenvalue weighted by Gasteiger charge is -2.36. The van der Waals surface area contributed by atoms with Crippen molar-refractivity contribution in [2.45, 2.75) is 38.1 Å². The van der Waals surface area contributed by atoms with Crippen molar-refractivity contribution in [1.82, 2.24) is 5.32 Å². The van der Waals surface area contributed by atoms with E-state index in [2.05, 4.69) is 10.1 Å². The van der Waals surface area contributed by atoms with Crippen molar-refractivity contribution in [3.8, 4) is 0 Å². The van der Waals surface area contributed by atoms with E-state index in [4.69, 9.17) is 9.47 Å². The maximum absolute atomic E-state index is 11.8. The van der Waals surface area contributed by atoms with Crippen LogP contribution in [0.2, 0.25) is 0 Å². The number of halogens is 3. The molecule has 1 aliphatic heterocycles. The van der Waals surface area contributed by atoms with Crippen LogP contribution in [-0.4, -0.2) is 57.4 Å². The van der Waals surface area contributed by atoms with Gasteiger partial charge in [0.2, 0.25) is 0 Å². The van der Waals surface area contributed by atoms with E-state index in [-0.39, 0.29) is 18.3 Å². The molecule has 1 N–H and O–H groups in total. The highest BCUT2D eigenvalue weighted by atomic mass is 19.4. The second-order valence-corrected chi connectivity index (χ2v) is 5.23. The van der Waals surface area contributed by atoms with Crippen molar-refractivity contribution < 1.29 is 27.4 Å². The lowest BCUT2D eigenvalue weighted by Crippen LogP contribution is -2.51. The molecule has 19 heavy (non-hydrogen) atoms. The zero-order valence-corrected chi connectivity index (χ0v) is 11.4. The molecule has 1 atom stereocenters. The molecule has 1 aliphatic rings. The van der Waals surface area contributed by atoms with Gasteiger partial charge in [-0.2, -0.15) is 13.2 Å². The third-order valence-corrected chi connectivity index (χ3v) is 2.56. The van der Waals surface area contributed by atoms with Gasteiger partial charge in [-0.3, -0.25) is 0 Å². The standard InChI is InChI=1S/C12H22F3NO3/c1-11(2)8-16-6-10(19-11)7-17-4-3-5-18-9-12(13,14)15/h10,16H,3-9H2,1-2H3. The van der Waals surface area contributed by atoms with Gasteiger partial charge in [-0.25, -0.2) is 0 Å². The first-order valence-electron chi connectivity index (χ1n) is 6.39. The fraction of sp³-hybridized carbons (Fsp3) is 1.00. The zero-order valence-electron chi connectivity index (χ0n) is 11.4. The third kappa shape index (κ3) is 8.41. The normalized spacial score (nSPS) is 23.5. The Labute approximate surface area is 111 Å². The minimum Gasteiger partial charge on any atom is -0.379 e. The van der Waals surface area contributed by atoms with Crippen LogP contribution in [0, 0.1) is 0 Å². The number of nitrogens with one attached hydrogen (secondary N) is 1. The molecule has 0 spiro atoms. The van der Waals surface area contributed by atoms with Crippen molar-refractivity contribution in [3.05, 3.63) is 0 Å². The monoisotopic (exact) mass is 285 g/mol. The predicted octanol–water partition coefficient (Wildman–Crippen LogP) is 1.74. The van der Waals surface area contributed by atoms with E-state index < -0.39 is 12.8 Å². The van der Waals surface area contributed by atoms with E-state index >= 15 is 0 Å². The van der Waals surface area contributed by atoms with Crippen LogP contribution >= 0.6 is 0 Å². The predicted molar refractivity (Wildman–Crippen MR) is 64.1 cm³/mol. The van der Waals surface area contributed by atoms with Crippen LogP contribution in [0.15, 0.2) is 0 Å². The van der Waals surface area contributed by atoms with Gasteiger partial charge in [-0.15, -0.1) is 0 Å². The summed E-state index contributed by atoms with van der Waals surface area (Å²) in [5, 5.41) is 3.25. The molecule has 0 saturated carbocycles. The smallest absolute Gasteiger partial charge is 0.379 e. The van der Waals surface area contributed by atoms with Gasteiger partial charge >= 0.3 is 6.18 Å². The highest BCUT2D eigenvalue weighted by Crippen LogP contribution is 2.16. The first-order chi connectivity index (χ1) is 8.79. The second kappa shape index (κ2) is 7.42. The molecular weight excluding hydrogens is 263 g/mol. The highest BCUT2D eigenvalue weighted by molar-refractivity contribution is 4.81. The topological polar surface area (TPSA) is 39.7 Å². The molecule has 1 unspecified atom stereocenters. The molecule has 0 aromatic heterocycles. The van der Waals surface area contributed by atoms with Crippen LogP contribution in [0.5, 0.6) is 0 Å². The van der Waals surface area contributed by atoms with Crippen LogP contribution in [-0.2, 0) is 14.2 Å². The van der Waals surface area contributed by atoms with Gasteiger partial charge in [0, 0.05) is 26.3 Å². The molecule has 1 heterocycles. The first kappa shape index (κ1) is 16.7. The summed E-state index contributed by atoms with van der Waals surface area (Å²) in [7, 11) is 0. The number of alkyl halides is 3. The van der Waals surface area contributed by atoms with E-state index in [0.29, 0.717) is 19.6 Å². The number of morpholine rings is 1. The van der Waals surface area contributed by atoms with E-state index in [0.717, 1.165) is 13.1 Å². The summed E-state index contributed by atoms with van der Waals surface area (Å²) in [5.74, 6) is 0. The Bertz CT molecular complexity index is 259. The number of ether oxygens (including phenoxy) is 3. The molecule has 0 aliphatic carbocycles. The number of hydrogen-bond acceptors (Lipinski definition) is 4. The molecular formula is C12H22F3NO3. The van der Waals surface area contributed by atoms with Crippen molar-refractivity contribution in [3.63, 3.8) is 0 Å². The van der Waals surface area contributed by atoms with E-state index in [1.807, 2.05) is 13.8 Å². The molecule has 0 radical (unpaired) electrons. The fourth-order valence-corrected chi connectivity index (χ4v) is 1.83. The Morgan fingerprint density at radius 2 is 1.95 bits per heavy atom. The SMILES string of the molecule is CC1(C)CNCC(COCCCOCC(F)(F)F)O1. The molecule has 0 bridgehead atoms. The Morgan fingerprint density at radius 1 is 1.26 bits per heavy atom. The number of hydrogen-bond donors (Lipinski definition) is 1. The van der Waals surface area contributed by atoms with Gasteiger partial charge < -0.3 is 19.5 Å². The molecule has 0 aromatic carbocycles. The summed E-state index contributed by atoms with van der Waals surface area (Å²) in [4.78, 5) is 0. The van der Waals surface area contributed by atoms with Gasteiger partial charge in [0.05, 0.1) is 18.3 Å². The molecule has 7 heteroatoms. The summed E-state index contributed by atoms with van der Waals surface area (Å²) in [6, 6.07) is 0. The third-order valence-electron chi connectivity index (χ3n) is 2.56. The van der Waals surface area contributed by atoms with Crippen LogP contribution < -0.4 is 5.32 Å². The van der Waals surface area contributed by atoms with E-state index in [1.54, 1.807) is 0 Å². The maximum Gasteiger partial charge on any atom is 0.411 e. The van der Waals surface area contributed by atoms with Crippen molar-refractivity contribution in [1.29, 1.82) is 0 Å². The molecule has 1 saturated heterocycles. The summed E-state index contributed by atoms with van der Waals surface area (Å²) in [6.45, 7) is 5.19. The van der Waals surface area contributed by atoms with E-state index in [9.17, 15) is 13.2 Å². The Balaban J connectivity index is 1.96. The largest absolute Gasteiger partial charge is 0.411 e. The minimum atomic E-state index is -4.26. The minimum absolute atomic E-state index is 0.0140. The quantitative estimate of drug-likeness (QED) is 0.723. The highest BCUT2D eigenvalue weighted by Gasteiger charge is 2.28. The molecule has 4 nitrogen and oxygen atoms in total. The zero-order chi connectivity index (χ0) is 14.4. The maximum atomic E-state index is 11.8. The van der Waals surface area contributed by atoms with Crippen molar-refractivity contribution in [2.75, 3.05) is 39.5 Å². The lowest BCUT2D eigenvalue weighted by atomic mass is 10.1. The van der Waals surface area contributed by atoms with Gasteiger partial charge in [-0.1, -0.05) is 0 Å². The van der Waals surface area contributed by atoms with Crippen LogP contribution in [0.25, 0.3) is 0 Å². The molecule has 1 rings (SSSR count). The molecule has 0 aromatic rings. The Morgan fingerprint density at radius 3 is 2.58 bits per heavy atom. The van der Waals surface area contributed by atoms with Gasteiger partial charge in [0.15, 0.2) is 0 Å². The summed E-state index contributed by atoms with van der Waals surface area (Å²) >= 11 is 0. The molecule has 0 amide bonds. The van der Waals surface area contributed by atoms with Crippen LogP contribution in [0.3, 0.4) is 0 Å². The average molecular weight is 285 g/mol. The van der Waals surface area contributed by atoms with Gasteiger partial charge in [0.1, 0.15) is 6.61 Å². The van der Waals surface area contributed by atoms with Crippen molar-refractivity contribution in [2.24, 2.45) is 0 Å². The average Bonchev–Trinajstić information content (AvgIpc) is 2.25. The summed E-state index contributed by atoms with van der Waals surface area (Å²) in [5.41, 5.74) is -0.206. The van der Waals surface area contributed by atoms with Crippen molar-refractivity contribution >= 4 is 0 Å². The summed E-state index contributed by atoms with van der Waals surface area (Å²) in [6.07, 6.45) is -3.83. The van der Waals surface area contributed by atoms with Gasteiger partial charge in [-0.05, 0) is 20.3 Å². The molecule has 1 fully saturated rings. The second-order valence-electron chi connectivity index (χ2n) is 5.23. The number of rotatable bonds is 7. The Kier molecular flexibility index (Phi) is 6.52. The molecule has 114 valence electrons. The lowest BCUT2D eigenvalue weighted by molar-refractivity contribution is -0.174.